The van der Waals surface area contributed by atoms with Gasteiger partial charge < -0.3 is 10.8 Å². The first-order chi connectivity index (χ1) is 11.2. The van der Waals surface area contributed by atoms with Crippen molar-refractivity contribution in [2.45, 2.75) is 25.6 Å². The highest BCUT2D eigenvalue weighted by atomic mass is 32.1. The van der Waals surface area contributed by atoms with Crippen LogP contribution in [0.15, 0.2) is 35.7 Å². The number of fused-ring (bicyclic) bond motifs is 1. The Morgan fingerprint density at radius 1 is 1.39 bits per heavy atom. The van der Waals surface area contributed by atoms with Gasteiger partial charge in [0.05, 0.1) is 6.04 Å². The first-order valence-corrected chi connectivity index (χ1v) is 8.32. The molecule has 118 valence electrons. The summed E-state index contributed by atoms with van der Waals surface area (Å²) in [6.45, 7) is 1.25. The SMILES string of the molecule is NC(=O)[C@@H]1Cc2ccccc2CN1Cc1cc(C#CCO)cs1. The number of aliphatic hydroxyl groups is 1. The molecule has 23 heavy (non-hydrogen) atoms. The van der Waals surface area contributed by atoms with Gasteiger partial charge in [0.2, 0.25) is 5.91 Å². The average molecular weight is 326 g/mol. The molecule has 1 aromatic carbocycles. The third-order valence-electron chi connectivity index (χ3n) is 4.00. The van der Waals surface area contributed by atoms with Gasteiger partial charge in [0.15, 0.2) is 0 Å². The molecule has 1 atom stereocenters. The summed E-state index contributed by atoms with van der Waals surface area (Å²) in [5, 5.41) is 10.7. The van der Waals surface area contributed by atoms with E-state index in [1.54, 1.807) is 11.3 Å². The monoisotopic (exact) mass is 326 g/mol. The van der Waals surface area contributed by atoms with Crippen LogP contribution in [-0.4, -0.2) is 28.6 Å². The lowest BCUT2D eigenvalue weighted by Gasteiger charge is -2.34. The van der Waals surface area contributed by atoms with E-state index in [9.17, 15) is 4.79 Å². The van der Waals surface area contributed by atoms with Crippen LogP contribution >= 0.6 is 11.3 Å². The second-order valence-electron chi connectivity index (χ2n) is 5.56. The molecule has 2 heterocycles. The summed E-state index contributed by atoms with van der Waals surface area (Å²) in [5.74, 6) is 5.27. The molecule has 5 heteroatoms. The third kappa shape index (κ3) is 3.62. The molecule has 0 saturated heterocycles. The summed E-state index contributed by atoms with van der Waals surface area (Å²) in [5.41, 5.74) is 8.96. The largest absolute Gasteiger partial charge is 0.384 e. The molecule has 0 fully saturated rings. The van der Waals surface area contributed by atoms with Crippen molar-refractivity contribution in [3.8, 4) is 11.8 Å². The lowest BCUT2D eigenvalue weighted by Crippen LogP contribution is -2.47. The Morgan fingerprint density at radius 2 is 2.17 bits per heavy atom. The van der Waals surface area contributed by atoms with E-state index in [1.165, 1.54) is 11.1 Å². The normalized spacial score (nSPS) is 17.2. The summed E-state index contributed by atoms with van der Waals surface area (Å²) in [6.07, 6.45) is 0.661. The van der Waals surface area contributed by atoms with Gasteiger partial charge in [-0.25, -0.2) is 0 Å². The molecule has 3 N–H and O–H groups in total. The van der Waals surface area contributed by atoms with Gasteiger partial charge in [-0.15, -0.1) is 11.3 Å². The first kappa shape index (κ1) is 15.8. The van der Waals surface area contributed by atoms with Gasteiger partial charge in [-0.1, -0.05) is 36.1 Å². The molecule has 0 spiro atoms. The maximum Gasteiger partial charge on any atom is 0.235 e. The summed E-state index contributed by atoms with van der Waals surface area (Å²) in [4.78, 5) is 15.1. The van der Waals surface area contributed by atoms with E-state index in [-0.39, 0.29) is 18.6 Å². The molecule has 1 aromatic heterocycles. The molecule has 2 aromatic rings. The van der Waals surface area contributed by atoms with Gasteiger partial charge in [0.25, 0.3) is 0 Å². The summed E-state index contributed by atoms with van der Waals surface area (Å²) in [7, 11) is 0. The van der Waals surface area contributed by atoms with Crippen LogP contribution < -0.4 is 5.73 Å². The van der Waals surface area contributed by atoms with Crippen molar-refractivity contribution in [3.63, 3.8) is 0 Å². The van der Waals surface area contributed by atoms with E-state index in [0.29, 0.717) is 13.0 Å². The molecule has 1 amide bonds. The fraction of sp³-hybridized carbons (Fsp3) is 0.278. The summed E-state index contributed by atoms with van der Waals surface area (Å²) >= 11 is 1.61. The zero-order chi connectivity index (χ0) is 16.2. The van der Waals surface area contributed by atoms with E-state index in [1.807, 2.05) is 23.6 Å². The predicted molar refractivity (Wildman–Crippen MR) is 90.7 cm³/mol. The summed E-state index contributed by atoms with van der Waals surface area (Å²) in [6, 6.07) is 9.92. The van der Waals surface area contributed by atoms with Gasteiger partial charge in [-0.2, -0.15) is 0 Å². The van der Waals surface area contributed by atoms with Crippen LogP contribution in [0.4, 0.5) is 0 Å². The first-order valence-electron chi connectivity index (χ1n) is 7.44. The second kappa shape index (κ2) is 6.97. The van der Waals surface area contributed by atoms with E-state index in [4.69, 9.17) is 10.8 Å². The topological polar surface area (TPSA) is 66.6 Å². The Hall–Kier alpha value is -2.13. The minimum absolute atomic E-state index is 0.141. The Kier molecular flexibility index (Phi) is 4.77. The Labute approximate surface area is 139 Å². The second-order valence-corrected chi connectivity index (χ2v) is 6.55. The van der Waals surface area contributed by atoms with E-state index >= 15 is 0 Å². The smallest absolute Gasteiger partial charge is 0.235 e. The van der Waals surface area contributed by atoms with Crippen LogP contribution in [0, 0.1) is 11.8 Å². The Balaban J connectivity index is 1.80. The number of hydrogen-bond donors (Lipinski definition) is 2. The van der Waals surface area contributed by atoms with E-state index in [2.05, 4.69) is 28.9 Å². The number of carbonyl (C=O) groups is 1. The standard InChI is InChI=1S/C18H18N2O2S/c19-18(22)17-9-14-5-1-2-6-15(14)10-20(17)11-16-8-13(12-23-16)4-3-7-21/h1-2,5-6,8,12,17,21H,7,9-11H2,(H2,19,22)/t17-/m0/s1. The van der Waals surface area contributed by atoms with E-state index in [0.717, 1.165) is 17.0 Å². The van der Waals surface area contributed by atoms with Crippen molar-refractivity contribution in [1.29, 1.82) is 0 Å². The lowest BCUT2D eigenvalue weighted by atomic mass is 9.93. The summed E-state index contributed by atoms with van der Waals surface area (Å²) < 4.78 is 0. The lowest BCUT2D eigenvalue weighted by molar-refractivity contribution is -0.124. The molecule has 0 radical (unpaired) electrons. The third-order valence-corrected chi connectivity index (χ3v) is 4.92. The number of hydrogen-bond acceptors (Lipinski definition) is 4. The highest BCUT2D eigenvalue weighted by molar-refractivity contribution is 7.10. The zero-order valence-electron chi connectivity index (χ0n) is 12.7. The molecular weight excluding hydrogens is 308 g/mol. The van der Waals surface area contributed by atoms with Crippen LogP contribution in [0.5, 0.6) is 0 Å². The van der Waals surface area contributed by atoms with Crippen LogP contribution in [-0.2, 0) is 24.3 Å². The minimum atomic E-state index is -0.281. The Morgan fingerprint density at radius 3 is 2.91 bits per heavy atom. The van der Waals surface area contributed by atoms with Crippen LogP contribution in [0.3, 0.4) is 0 Å². The van der Waals surface area contributed by atoms with Crippen LogP contribution in [0.25, 0.3) is 0 Å². The van der Waals surface area contributed by atoms with Crippen molar-refractivity contribution >= 4 is 17.2 Å². The zero-order valence-corrected chi connectivity index (χ0v) is 13.5. The van der Waals surface area contributed by atoms with Gasteiger partial charge in [-0.05, 0) is 23.6 Å². The number of amides is 1. The molecular formula is C18H18N2O2S. The number of primary amides is 1. The quantitative estimate of drug-likeness (QED) is 0.840. The fourth-order valence-corrected chi connectivity index (χ4v) is 3.74. The minimum Gasteiger partial charge on any atom is -0.384 e. The number of rotatable bonds is 3. The highest BCUT2D eigenvalue weighted by Gasteiger charge is 2.30. The molecule has 0 aliphatic carbocycles. The van der Waals surface area contributed by atoms with Crippen molar-refractivity contribution in [2.75, 3.05) is 6.61 Å². The molecule has 3 rings (SSSR count). The Bertz CT molecular complexity index is 773. The molecule has 4 nitrogen and oxygen atoms in total. The number of benzene rings is 1. The van der Waals surface area contributed by atoms with Gasteiger partial charge in [0, 0.05) is 28.9 Å². The fourth-order valence-electron chi connectivity index (χ4n) is 2.89. The van der Waals surface area contributed by atoms with Gasteiger partial charge in [0.1, 0.15) is 6.61 Å². The van der Waals surface area contributed by atoms with Crippen molar-refractivity contribution < 1.29 is 9.90 Å². The van der Waals surface area contributed by atoms with Crippen LogP contribution in [0.2, 0.25) is 0 Å². The van der Waals surface area contributed by atoms with Crippen molar-refractivity contribution in [2.24, 2.45) is 5.73 Å². The molecule has 0 bridgehead atoms. The predicted octanol–water partition coefficient (Wildman–Crippen LogP) is 1.50. The molecule has 1 aliphatic heterocycles. The molecule has 0 saturated carbocycles. The molecule has 0 unspecified atom stereocenters. The number of thiophene rings is 1. The number of nitrogens with two attached hydrogens (primary N) is 1. The number of nitrogens with zero attached hydrogens (tertiary/aromatic N) is 1. The van der Waals surface area contributed by atoms with Crippen LogP contribution in [0.1, 0.15) is 21.6 Å². The highest BCUT2D eigenvalue weighted by Crippen LogP contribution is 2.26. The van der Waals surface area contributed by atoms with Crippen molar-refractivity contribution in [1.82, 2.24) is 4.90 Å². The van der Waals surface area contributed by atoms with Gasteiger partial charge >= 0.3 is 0 Å². The van der Waals surface area contributed by atoms with Gasteiger partial charge in [-0.3, -0.25) is 9.69 Å². The maximum atomic E-state index is 11.8. The maximum absolute atomic E-state index is 11.8. The number of aliphatic hydroxyl groups excluding tert-OH is 1. The van der Waals surface area contributed by atoms with Crippen molar-refractivity contribution in [3.05, 3.63) is 57.3 Å². The number of carbonyl (C=O) groups excluding carboxylic acids is 1. The van der Waals surface area contributed by atoms with E-state index < -0.39 is 0 Å². The molecule has 1 aliphatic rings. The average Bonchev–Trinajstić information content (AvgIpc) is 2.99.